The minimum absolute atomic E-state index is 0.132. The number of amides is 1. The molecule has 5 nitrogen and oxygen atoms in total. The number of anilines is 1. The molecule has 0 spiro atoms. The molecule has 0 N–H and O–H groups in total. The monoisotopic (exact) mass is 326 g/mol. The van der Waals surface area contributed by atoms with Crippen LogP contribution >= 0.6 is 0 Å². The first-order valence-corrected chi connectivity index (χ1v) is 8.22. The van der Waals surface area contributed by atoms with E-state index in [1.54, 1.807) is 0 Å². The van der Waals surface area contributed by atoms with Crippen LogP contribution in [-0.4, -0.2) is 47.0 Å². The number of aromatic nitrogens is 2. The zero-order valence-electron chi connectivity index (χ0n) is 13.5. The minimum atomic E-state index is -0.404. The Bertz CT molecular complexity index is 757. The van der Waals surface area contributed by atoms with Gasteiger partial charge >= 0.3 is 0 Å². The second-order valence-corrected chi connectivity index (χ2v) is 6.51. The van der Waals surface area contributed by atoms with Crippen molar-refractivity contribution >= 4 is 11.7 Å². The fraction of sp³-hybridized carbons (Fsp3) is 0.389. The summed E-state index contributed by atoms with van der Waals surface area (Å²) in [5.74, 6) is 0.336. The predicted octanol–water partition coefficient (Wildman–Crippen LogP) is 2.34. The predicted molar refractivity (Wildman–Crippen MR) is 88.9 cm³/mol. The first-order chi connectivity index (χ1) is 11.6. The van der Waals surface area contributed by atoms with Gasteiger partial charge in [0, 0.05) is 31.6 Å². The standard InChI is InChI=1S/C18H19FN4O/c1-22(18(24)13-7-8-13)14-9-23(10-14)17-15(19)16(20-11-21-17)12-5-3-2-4-6-12/h2-6,11,13-14H,7-10H2,1H3. The third-order valence-corrected chi connectivity index (χ3v) is 4.80. The molecule has 1 aliphatic heterocycles. The smallest absolute Gasteiger partial charge is 0.225 e. The lowest BCUT2D eigenvalue weighted by atomic mass is 10.1. The Morgan fingerprint density at radius 1 is 1.21 bits per heavy atom. The van der Waals surface area contributed by atoms with E-state index in [2.05, 4.69) is 9.97 Å². The largest absolute Gasteiger partial charge is 0.350 e. The number of rotatable bonds is 4. The fourth-order valence-corrected chi connectivity index (χ4v) is 3.05. The highest BCUT2D eigenvalue weighted by Gasteiger charge is 2.39. The van der Waals surface area contributed by atoms with Gasteiger partial charge in [0.15, 0.2) is 11.6 Å². The van der Waals surface area contributed by atoms with Gasteiger partial charge in [0.05, 0.1) is 6.04 Å². The van der Waals surface area contributed by atoms with Crippen LogP contribution in [0.25, 0.3) is 11.3 Å². The van der Waals surface area contributed by atoms with E-state index in [1.807, 2.05) is 47.2 Å². The van der Waals surface area contributed by atoms with E-state index in [-0.39, 0.29) is 17.9 Å². The van der Waals surface area contributed by atoms with E-state index < -0.39 is 5.82 Å². The Kier molecular flexibility index (Phi) is 3.67. The van der Waals surface area contributed by atoms with Crippen molar-refractivity contribution in [2.45, 2.75) is 18.9 Å². The summed E-state index contributed by atoms with van der Waals surface area (Å²) >= 11 is 0. The number of benzene rings is 1. The van der Waals surface area contributed by atoms with E-state index in [1.165, 1.54) is 6.33 Å². The molecule has 1 saturated carbocycles. The summed E-state index contributed by atoms with van der Waals surface area (Å²) in [6, 6.07) is 9.39. The summed E-state index contributed by atoms with van der Waals surface area (Å²) in [6.45, 7) is 1.22. The van der Waals surface area contributed by atoms with Gasteiger partial charge in [0.25, 0.3) is 0 Å². The molecule has 124 valence electrons. The summed E-state index contributed by atoms with van der Waals surface area (Å²) < 4.78 is 14.8. The molecule has 1 aromatic carbocycles. The Labute approximate surface area is 140 Å². The molecule has 1 aromatic heterocycles. The van der Waals surface area contributed by atoms with Crippen molar-refractivity contribution in [3.05, 3.63) is 42.5 Å². The van der Waals surface area contributed by atoms with Crippen LogP contribution in [0, 0.1) is 11.7 Å². The maximum Gasteiger partial charge on any atom is 0.225 e. The average Bonchev–Trinajstić information content (AvgIpc) is 3.40. The van der Waals surface area contributed by atoms with Gasteiger partial charge in [-0.25, -0.2) is 14.4 Å². The number of carbonyl (C=O) groups excluding carboxylic acids is 1. The molecule has 2 heterocycles. The molecule has 4 rings (SSSR count). The molecule has 1 saturated heterocycles. The molecule has 0 unspecified atom stereocenters. The maximum atomic E-state index is 14.8. The lowest BCUT2D eigenvalue weighted by Gasteiger charge is -2.44. The number of halogens is 1. The van der Waals surface area contributed by atoms with Crippen LogP contribution < -0.4 is 4.90 Å². The van der Waals surface area contributed by atoms with Crippen LogP contribution in [0.15, 0.2) is 36.7 Å². The van der Waals surface area contributed by atoms with Gasteiger partial charge in [-0.2, -0.15) is 0 Å². The number of hydrogen-bond donors (Lipinski definition) is 0. The third kappa shape index (κ3) is 2.62. The number of carbonyl (C=O) groups is 1. The number of nitrogens with zero attached hydrogens (tertiary/aromatic N) is 4. The van der Waals surface area contributed by atoms with Gasteiger partial charge < -0.3 is 9.80 Å². The van der Waals surface area contributed by atoms with Gasteiger partial charge in [-0.3, -0.25) is 4.79 Å². The van der Waals surface area contributed by atoms with Gasteiger partial charge in [0.2, 0.25) is 5.91 Å². The van der Waals surface area contributed by atoms with Gasteiger partial charge in [-0.05, 0) is 12.8 Å². The molecule has 0 radical (unpaired) electrons. The molecule has 1 aliphatic carbocycles. The molecule has 2 fully saturated rings. The number of likely N-dealkylation sites (N-methyl/N-ethyl adjacent to an activating group) is 1. The Balaban J connectivity index is 1.49. The van der Waals surface area contributed by atoms with Crippen molar-refractivity contribution in [2.24, 2.45) is 5.92 Å². The van der Waals surface area contributed by atoms with Crippen LogP contribution in [0.3, 0.4) is 0 Å². The number of hydrogen-bond acceptors (Lipinski definition) is 4. The average molecular weight is 326 g/mol. The van der Waals surface area contributed by atoms with Crippen molar-refractivity contribution < 1.29 is 9.18 Å². The van der Waals surface area contributed by atoms with Crippen molar-refractivity contribution in [1.29, 1.82) is 0 Å². The highest BCUT2D eigenvalue weighted by molar-refractivity contribution is 5.81. The van der Waals surface area contributed by atoms with E-state index in [4.69, 9.17) is 0 Å². The summed E-state index contributed by atoms with van der Waals surface area (Å²) in [5, 5.41) is 0. The van der Waals surface area contributed by atoms with Gasteiger partial charge in [-0.1, -0.05) is 30.3 Å². The molecule has 1 amide bonds. The highest BCUT2D eigenvalue weighted by Crippen LogP contribution is 2.33. The van der Waals surface area contributed by atoms with Crippen molar-refractivity contribution in [1.82, 2.24) is 14.9 Å². The summed E-state index contributed by atoms with van der Waals surface area (Å²) in [7, 11) is 1.84. The first-order valence-electron chi connectivity index (χ1n) is 8.22. The molecule has 2 aromatic rings. The zero-order chi connectivity index (χ0) is 16.7. The maximum absolute atomic E-state index is 14.8. The lowest BCUT2D eigenvalue weighted by Crippen LogP contribution is -2.60. The molecule has 6 heteroatoms. The Morgan fingerprint density at radius 2 is 1.92 bits per heavy atom. The van der Waals surface area contributed by atoms with Crippen LogP contribution in [0.5, 0.6) is 0 Å². The minimum Gasteiger partial charge on any atom is -0.350 e. The summed E-state index contributed by atoms with van der Waals surface area (Å²) in [5.41, 5.74) is 1.04. The van der Waals surface area contributed by atoms with Crippen molar-refractivity contribution in [3.8, 4) is 11.3 Å². The zero-order valence-corrected chi connectivity index (χ0v) is 13.5. The SMILES string of the molecule is CN(C(=O)C1CC1)C1CN(c2ncnc(-c3ccccc3)c2F)C1. The van der Waals surface area contributed by atoms with Crippen molar-refractivity contribution in [2.75, 3.05) is 25.0 Å². The fourth-order valence-electron chi connectivity index (χ4n) is 3.05. The van der Waals surface area contributed by atoms with Gasteiger partial charge in [0.1, 0.15) is 12.0 Å². The molecule has 0 atom stereocenters. The van der Waals surface area contributed by atoms with E-state index in [9.17, 15) is 9.18 Å². The molecular formula is C18H19FN4O. The van der Waals surface area contributed by atoms with E-state index >= 15 is 0 Å². The third-order valence-electron chi connectivity index (χ3n) is 4.80. The molecular weight excluding hydrogens is 307 g/mol. The highest BCUT2D eigenvalue weighted by atomic mass is 19.1. The molecule has 2 aliphatic rings. The quantitative estimate of drug-likeness (QED) is 0.865. The summed E-state index contributed by atoms with van der Waals surface area (Å²) in [4.78, 5) is 24.0. The molecule has 0 bridgehead atoms. The first kappa shape index (κ1) is 15.1. The van der Waals surface area contributed by atoms with Crippen LogP contribution in [0.1, 0.15) is 12.8 Å². The van der Waals surface area contributed by atoms with E-state index in [0.29, 0.717) is 24.6 Å². The van der Waals surface area contributed by atoms with Crippen LogP contribution in [0.2, 0.25) is 0 Å². The lowest BCUT2D eigenvalue weighted by molar-refractivity contribution is -0.133. The van der Waals surface area contributed by atoms with Crippen molar-refractivity contribution in [3.63, 3.8) is 0 Å². The van der Waals surface area contributed by atoms with Crippen LogP contribution in [-0.2, 0) is 4.79 Å². The topological polar surface area (TPSA) is 49.3 Å². The van der Waals surface area contributed by atoms with Gasteiger partial charge in [-0.15, -0.1) is 0 Å². The summed E-state index contributed by atoms with van der Waals surface area (Å²) in [6.07, 6.45) is 3.40. The Hall–Kier alpha value is -2.50. The normalized spacial score (nSPS) is 17.5. The van der Waals surface area contributed by atoms with E-state index in [0.717, 1.165) is 18.4 Å². The second kappa shape index (κ2) is 5.85. The molecule has 24 heavy (non-hydrogen) atoms. The Morgan fingerprint density at radius 3 is 2.58 bits per heavy atom. The van der Waals surface area contributed by atoms with Crippen LogP contribution in [0.4, 0.5) is 10.2 Å². The second-order valence-electron chi connectivity index (χ2n) is 6.51.